The minimum Gasteiger partial charge on any atom is -0.497 e. The van der Waals surface area contributed by atoms with Crippen LogP contribution in [-0.4, -0.2) is 39.3 Å². The largest absolute Gasteiger partial charge is 0.497 e. The molecule has 0 spiro atoms. The Bertz CT molecular complexity index is 476. The summed E-state index contributed by atoms with van der Waals surface area (Å²) in [7, 11) is 1.67. The fourth-order valence-corrected chi connectivity index (χ4v) is 2.16. The zero-order valence-electron chi connectivity index (χ0n) is 14.7. The molecule has 0 radical (unpaired) electrons. The van der Waals surface area contributed by atoms with E-state index < -0.39 is 0 Å². The summed E-state index contributed by atoms with van der Waals surface area (Å²) >= 11 is 0. The standard InChI is InChI=1S/C18H29N3O2.HI/c1-3-19-18(21-13-15-5-6-15)20-11-4-12-23-14-16-7-9-17(22-2)10-8-16;/h7-10,15H,3-6,11-14H2,1-2H3,(H2,19,20,21);1H. The van der Waals surface area contributed by atoms with Crippen LogP contribution < -0.4 is 15.4 Å². The third kappa shape index (κ3) is 8.73. The first-order valence-corrected chi connectivity index (χ1v) is 8.54. The van der Waals surface area contributed by atoms with Gasteiger partial charge in [0.2, 0.25) is 0 Å². The lowest BCUT2D eigenvalue weighted by Crippen LogP contribution is -2.38. The molecule has 0 saturated heterocycles. The summed E-state index contributed by atoms with van der Waals surface area (Å²) in [5.41, 5.74) is 1.16. The second-order valence-electron chi connectivity index (χ2n) is 5.84. The zero-order valence-corrected chi connectivity index (χ0v) is 17.0. The molecule has 136 valence electrons. The molecule has 1 aromatic rings. The summed E-state index contributed by atoms with van der Waals surface area (Å²) in [6.07, 6.45) is 3.63. The molecule has 1 fully saturated rings. The highest BCUT2D eigenvalue weighted by atomic mass is 127. The van der Waals surface area contributed by atoms with E-state index in [4.69, 9.17) is 9.47 Å². The topological polar surface area (TPSA) is 54.9 Å². The van der Waals surface area contributed by atoms with E-state index in [0.717, 1.165) is 55.9 Å². The molecular formula is C18H30IN3O2. The number of nitrogens with one attached hydrogen (secondary N) is 2. The molecule has 0 bridgehead atoms. The van der Waals surface area contributed by atoms with Gasteiger partial charge in [0.25, 0.3) is 0 Å². The Labute approximate surface area is 162 Å². The van der Waals surface area contributed by atoms with E-state index in [1.54, 1.807) is 7.11 Å². The molecule has 5 nitrogen and oxygen atoms in total. The van der Waals surface area contributed by atoms with E-state index in [1.165, 1.54) is 12.8 Å². The average Bonchev–Trinajstić information content (AvgIpc) is 3.40. The molecule has 6 heteroatoms. The van der Waals surface area contributed by atoms with E-state index in [0.29, 0.717) is 6.61 Å². The Hall–Kier alpha value is -1.02. The van der Waals surface area contributed by atoms with Gasteiger partial charge in [-0.1, -0.05) is 12.1 Å². The van der Waals surface area contributed by atoms with Crippen LogP contribution >= 0.6 is 24.0 Å². The number of nitrogens with zero attached hydrogens (tertiary/aromatic N) is 1. The number of rotatable bonds is 10. The summed E-state index contributed by atoms with van der Waals surface area (Å²) in [6.45, 7) is 6.18. The van der Waals surface area contributed by atoms with Crippen LogP contribution in [0.15, 0.2) is 29.3 Å². The fourth-order valence-electron chi connectivity index (χ4n) is 2.16. The number of halogens is 1. The first-order chi connectivity index (χ1) is 11.3. The van der Waals surface area contributed by atoms with Crippen molar-refractivity contribution >= 4 is 29.9 Å². The van der Waals surface area contributed by atoms with Gasteiger partial charge in [-0.15, -0.1) is 24.0 Å². The molecule has 0 aliphatic heterocycles. The van der Waals surface area contributed by atoms with Crippen molar-refractivity contribution in [1.82, 2.24) is 10.6 Å². The predicted octanol–water partition coefficient (Wildman–Crippen LogP) is 3.19. The van der Waals surface area contributed by atoms with E-state index in [9.17, 15) is 0 Å². The molecule has 0 atom stereocenters. The Morgan fingerprint density at radius 2 is 1.96 bits per heavy atom. The second kappa shape index (κ2) is 12.4. The van der Waals surface area contributed by atoms with Crippen LogP contribution in [0.5, 0.6) is 5.75 Å². The summed E-state index contributed by atoms with van der Waals surface area (Å²) in [5.74, 6) is 2.62. The lowest BCUT2D eigenvalue weighted by Gasteiger charge is -2.11. The number of ether oxygens (including phenoxy) is 2. The molecule has 2 N–H and O–H groups in total. The third-order valence-electron chi connectivity index (χ3n) is 3.73. The number of hydrogen-bond acceptors (Lipinski definition) is 3. The monoisotopic (exact) mass is 447 g/mol. The molecule has 1 aliphatic carbocycles. The van der Waals surface area contributed by atoms with Crippen molar-refractivity contribution in [1.29, 1.82) is 0 Å². The normalized spacial score (nSPS) is 14.0. The molecule has 2 rings (SSSR count). The van der Waals surface area contributed by atoms with Crippen LogP contribution in [0.3, 0.4) is 0 Å². The van der Waals surface area contributed by atoms with Crippen LogP contribution in [0.2, 0.25) is 0 Å². The van der Waals surface area contributed by atoms with Crippen LogP contribution in [0.25, 0.3) is 0 Å². The molecule has 0 amide bonds. The highest BCUT2D eigenvalue weighted by Gasteiger charge is 2.20. The van der Waals surface area contributed by atoms with Gasteiger partial charge in [-0.05, 0) is 49.8 Å². The van der Waals surface area contributed by atoms with E-state index in [1.807, 2.05) is 24.3 Å². The van der Waals surface area contributed by atoms with Crippen molar-refractivity contribution in [3.63, 3.8) is 0 Å². The molecule has 1 saturated carbocycles. The Kier molecular flexibility index (Phi) is 10.8. The average molecular weight is 447 g/mol. The van der Waals surface area contributed by atoms with Crippen molar-refractivity contribution < 1.29 is 9.47 Å². The van der Waals surface area contributed by atoms with Gasteiger partial charge in [0, 0.05) is 26.2 Å². The van der Waals surface area contributed by atoms with Crippen molar-refractivity contribution in [3.8, 4) is 5.75 Å². The Morgan fingerprint density at radius 1 is 1.21 bits per heavy atom. The zero-order chi connectivity index (χ0) is 16.3. The van der Waals surface area contributed by atoms with Gasteiger partial charge in [-0.3, -0.25) is 4.99 Å². The lowest BCUT2D eigenvalue weighted by atomic mass is 10.2. The summed E-state index contributed by atoms with van der Waals surface area (Å²) in [5, 5.41) is 6.64. The Balaban J connectivity index is 0.00000288. The number of benzene rings is 1. The van der Waals surface area contributed by atoms with Crippen LogP contribution in [0.4, 0.5) is 0 Å². The van der Waals surface area contributed by atoms with Gasteiger partial charge in [0.1, 0.15) is 5.75 Å². The maximum absolute atomic E-state index is 5.70. The summed E-state index contributed by atoms with van der Waals surface area (Å²) in [4.78, 5) is 4.60. The van der Waals surface area contributed by atoms with Gasteiger partial charge >= 0.3 is 0 Å². The number of hydrogen-bond donors (Lipinski definition) is 2. The fraction of sp³-hybridized carbons (Fsp3) is 0.611. The molecule has 0 heterocycles. The van der Waals surface area contributed by atoms with Crippen molar-refractivity contribution in [2.75, 3.05) is 33.4 Å². The maximum Gasteiger partial charge on any atom is 0.191 e. The highest BCUT2D eigenvalue weighted by molar-refractivity contribution is 14.0. The molecule has 0 unspecified atom stereocenters. The van der Waals surface area contributed by atoms with E-state index >= 15 is 0 Å². The summed E-state index contributed by atoms with van der Waals surface area (Å²) in [6, 6.07) is 7.98. The number of guanidine groups is 1. The van der Waals surface area contributed by atoms with Gasteiger partial charge in [-0.25, -0.2) is 0 Å². The SMILES string of the molecule is CCNC(=NCC1CC1)NCCCOCc1ccc(OC)cc1.I. The van der Waals surface area contributed by atoms with Crippen molar-refractivity contribution in [2.45, 2.75) is 32.8 Å². The number of methoxy groups -OCH3 is 1. The first kappa shape index (κ1) is 21.0. The molecule has 1 aliphatic rings. The molecular weight excluding hydrogens is 417 g/mol. The van der Waals surface area contributed by atoms with Crippen LogP contribution in [-0.2, 0) is 11.3 Å². The maximum atomic E-state index is 5.70. The van der Waals surface area contributed by atoms with Gasteiger partial charge in [0.05, 0.1) is 13.7 Å². The van der Waals surface area contributed by atoms with E-state index in [-0.39, 0.29) is 24.0 Å². The summed E-state index contributed by atoms with van der Waals surface area (Å²) < 4.78 is 10.8. The number of aliphatic imine (C=N–C) groups is 1. The second-order valence-corrected chi connectivity index (χ2v) is 5.84. The lowest BCUT2D eigenvalue weighted by molar-refractivity contribution is 0.119. The minimum absolute atomic E-state index is 0. The van der Waals surface area contributed by atoms with Gasteiger partial charge in [0.15, 0.2) is 5.96 Å². The quantitative estimate of drug-likeness (QED) is 0.251. The molecule has 0 aromatic heterocycles. The van der Waals surface area contributed by atoms with Crippen LogP contribution in [0.1, 0.15) is 31.7 Å². The van der Waals surface area contributed by atoms with Gasteiger partial charge in [-0.2, -0.15) is 0 Å². The van der Waals surface area contributed by atoms with Crippen LogP contribution in [0, 0.1) is 5.92 Å². The van der Waals surface area contributed by atoms with E-state index in [2.05, 4.69) is 22.5 Å². The Morgan fingerprint density at radius 3 is 2.58 bits per heavy atom. The molecule has 1 aromatic carbocycles. The third-order valence-corrected chi connectivity index (χ3v) is 3.73. The van der Waals surface area contributed by atoms with Crippen molar-refractivity contribution in [3.05, 3.63) is 29.8 Å². The van der Waals surface area contributed by atoms with Gasteiger partial charge < -0.3 is 20.1 Å². The highest BCUT2D eigenvalue weighted by Crippen LogP contribution is 2.28. The molecule has 24 heavy (non-hydrogen) atoms. The predicted molar refractivity (Wildman–Crippen MR) is 109 cm³/mol. The van der Waals surface area contributed by atoms with Crippen molar-refractivity contribution in [2.24, 2.45) is 10.9 Å². The minimum atomic E-state index is 0. The first-order valence-electron chi connectivity index (χ1n) is 8.54. The smallest absolute Gasteiger partial charge is 0.191 e.